The highest BCUT2D eigenvalue weighted by molar-refractivity contribution is 6.05. The molecule has 8 nitrogen and oxygen atoms in total. The molecule has 0 spiro atoms. The van der Waals surface area contributed by atoms with Crippen molar-refractivity contribution >= 4 is 34.9 Å². The van der Waals surface area contributed by atoms with E-state index in [4.69, 9.17) is 5.73 Å². The average Bonchev–Trinajstić information content (AvgIpc) is 3.12. The lowest BCUT2D eigenvalue weighted by Crippen LogP contribution is -2.40. The lowest BCUT2D eigenvalue weighted by molar-refractivity contribution is -0.384. The van der Waals surface area contributed by atoms with E-state index in [1.54, 1.807) is 6.07 Å². The lowest BCUT2D eigenvalue weighted by atomic mass is 10.0. The third-order valence-electron chi connectivity index (χ3n) is 4.25. The zero-order valence-corrected chi connectivity index (χ0v) is 13.1. The van der Waals surface area contributed by atoms with E-state index in [0.29, 0.717) is 17.4 Å². The number of benzene rings is 1. The zero-order valence-electron chi connectivity index (χ0n) is 12.3. The van der Waals surface area contributed by atoms with Crippen LogP contribution in [0.4, 0.5) is 5.69 Å². The zero-order chi connectivity index (χ0) is 15.7. The van der Waals surface area contributed by atoms with Gasteiger partial charge in [-0.1, -0.05) is 6.42 Å². The lowest BCUT2D eigenvalue weighted by Gasteiger charge is -2.18. The Hall–Kier alpha value is -2.19. The third-order valence-corrected chi connectivity index (χ3v) is 4.25. The monoisotopic (exact) mass is 339 g/mol. The Kier molecular flexibility index (Phi) is 5.17. The number of H-pyrrole nitrogens is 1. The molecule has 0 radical (unpaired) electrons. The van der Waals surface area contributed by atoms with Gasteiger partial charge in [0.2, 0.25) is 0 Å². The molecule has 1 saturated carbocycles. The Bertz CT molecular complexity index is 732. The van der Waals surface area contributed by atoms with Gasteiger partial charge < -0.3 is 11.1 Å². The molecule has 1 aliphatic carbocycles. The highest BCUT2D eigenvalue weighted by atomic mass is 35.5. The number of nitro groups is 1. The summed E-state index contributed by atoms with van der Waals surface area (Å²) in [5, 5.41) is 21.0. The average molecular weight is 340 g/mol. The van der Waals surface area contributed by atoms with E-state index in [0.717, 1.165) is 19.3 Å². The maximum Gasteiger partial charge on any atom is 0.272 e. The molecule has 2 aromatic rings. The molecule has 23 heavy (non-hydrogen) atoms. The maximum absolute atomic E-state index is 12.4. The second-order valence-electron chi connectivity index (χ2n) is 5.57. The predicted octanol–water partition coefficient (Wildman–Crippen LogP) is 1.75. The fourth-order valence-electron chi connectivity index (χ4n) is 3.03. The first kappa shape index (κ1) is 17.2. The summed E-state index contributed by atoms with van der Waals surface area (Å²) in [6.07, 6.45) is 2.95. The molecule has 0 bridgehead atoms. The molecule has 1 fully saturated rings. The van der Waals surface area contributed by atoms with Crippen LogP contribution in [-0.4, -0.2) is 33.6 Å². The molecule has 2 atom stereocenters. The summed E-state index contributed by atoms with van der Waals surface area (Å²) in [6, 6.07) is 4.34. The first-order valence-corrected chi connectivity index (χ1v) is 7.23. The molecule has 1 heterocycles. The molecule has 0 aliphatic heterocycles. The van der Waals surface area contributed by atoms with Gasteiger partial charge >= 0.3 is 0 Å². The molecular weight excluding hydrogens is 322 g/mol. The summed E-state index contributed by atoms with van der Waals surface area (Å²) in [5.41, 5.74) is 6.42. The van der Waals surface area contributed by atoms with Crippen molar-refractivity contribution in [2.45, 2.75) is 25.3 Å². The van der Waals surface area contributed by atoms with Crippen molar-refractivity contribution < 1.29 is 9.72 Å². The largest absolute Gasteiger partial charge is 0.348 e. The van der Waals surface area contributed by atoms with Crippen LogP contribution >= 0.6 is 12.4 Å². The standard InChI is InChI=1S/C14H17N5O3.ClH/c15-7-8-2-1-3-11(8)16-14(20)13-10-6-9(19(21)22)4-5-12(10)17-18-13;/h4-6,8,11H,1-3,7,15H2,(H,16,20)(H,17,18);1H. The number of nitrogens with zero attached hydrogens (tertiary/aromatic N) is 2. The molecule has 124 valence electrons. The first-order valence-electron chi connectivity index (χ1n) is 7.23. The van der Waals surface area contributed by atoms with Crippen LogP contribution in [0.5, 0.6) is 0 Å². The van der Waals surface area contributed by atoms with Crippen molar-refractivity contribution in [3.63, 3.8) is 0 Å². The molecule has 2 unspecified atom stereocenters. The van der Waals surface area contributed by atoms with Gasteiger partial charge in [0, 0.05) is 23.6 Å². The summed E-state index contributed by atoms with van der Waals surface area (Å²) in [7, 11) is 0. The van der Waals surface area contributed by atoms with Crippen molar-refractivity contribution in [3.8, 4) is 0 Å². The predicted molar refractivity (Wildman–Crippen MR) is 87.6 cm³/mol. The Morgan fingerprint density at radius 1 is 1.48 bits per heavy atom. The summed E-state index contributed by atoms with van der Waals surface area (Å²) < 4.78 is 0. The van der Waals surface area contributed by atoms with Gasteiger partial charge in [-0.25, -0.2) is 0 Å². The Morgan fingerprint density at radius 3 is 2.96 bits per heavy atom. The van der Waals surface area contributed by atoms with Crippen molar-refractivity contribution in [1.29, 1.82) is 0 Å². The maximum atomic E-state index is 12.4. The number of aromatic nitrogens is 2. The molecule has 1 aromatic heterocycles. The summed E-state index contributed by atoms with van der Waals surface area (Å²) in [6.45, 7) is 0.539. The van der Waals surface area contributed by atoms with E-state index in [1.807, 2.05) is 0 Å². The van der Waals surface area contributed by atoms with Crippen LogP contribution in [0.15, 0.2) is 18.2 Å². The molecule has 9 heteroatoms. The number of rotatable bonds is 4. The van der Waals surface area contributed by atoms with Crippen molar-refractivity contribution in [3.05, 3.63) is 34.0 Å². The number of fused-ring (bicyclic) bond motifs is 1. The van der Waals surface area contributed by atoms with Crippen molar-refractivity contribution in [2.75, 3.05) is 6.54 Å². The Balaban J connectivity index is 0.00000192. The molecule has 4 N–H and O–H groups in total. The fraction of sp³-hybridized carbons (Fsp3) is 0.429. The van der Waals surface area contributed by atoms with E-state index < -0.39 is 4.92 Å². The van der Waals surface area contributed by atoms with Gasteiger partial charge in [-0.2, -0.15) is 5.10 Å². The highest BCUT2D eigenvalue weighted by Crippen LogP contribution is 2.26. The molecule has 0 saturated heterocycles. The van der Waals surface area contributed by atoms with E-state index in [1.165, 1.54) is 12.1 Å². The third kappa shape index (κ3) is 3.27. The van der Waals surface area contributed by atoms with Crippen LogP contribution in [0.2, 0.25) is 0 Å². The number of aromatic amines is 1. The topological polar surface area (TPSA) is 127 Å². The van der Waals surface area contributed by atoms with Crippen molar-refractivity contribution in [1.82, 2.24) is 15.5 Å². The summed E-state index contributed by atoms with van der Waals surface area (Å²) in [5.74, 6) is -0.0411. The molecule has 1 amide bonds. The quantitative estimate of drug-likeness (QED) is 0.577. The van der Waals surface area contributed by atoms with Gasteiger partial charge in [-0.15, -0.1) is 12.4 Å². The van der Waals surface area contributed by atoms with Crippen LogP contribution in [0, 0.1) is 16.0 Å². The molecule has 3 rings (SSSR count). The number of nitro benzene ring substituents is 1. The Morgan fingerprint density at radius 2 is 2.26 bits per heavy atom. The highest BCUT2D eigenvalue weighted by Gasteiger charge is 2.29. The summed E-state index contributed by atoms with van der Waals surface area (Å²) in [4.78, 5) is 22.8. The van der Waals surface area contributed by atoms with Gasteiger partial charge in [0.05, 0.1) is 10.4 Å². The van der Waals surface area contributed by atoms with E-state index in [-0.39, 0.29) is 41.7 Å². The number of hydrogen-bond acceptors (Lipinski definition) is 5. The SMILES string of the molecule is Cl.NCC1CCCC1NC(=O)c1n[nH]c2ccc([N+](=O)[O-])cc12. The second-order valence-corrected chi connectivity index (χ2v) is 5.57. The van der Waals surface area contributed by atoms with Gasteiger partial charge in [0.15, 0.2) is 5.69 Å². The molecule has 1 aromatic carbocycles. The number of nitrogens with one attached hydrogen (secondary N) is 2. The normalized spacial score (nSPS) is 20.2. The van der Waals surface area contributed by atoms with Gasteiger partial charge in [0.25, 0.3) is 11.6 Å². The van der Waals surface area contributed by atoms with Crippen LogP contribution in [0.25, 0.3) is 10.9 Å². The number of nitrogens with two attached hydrogens (primary N) is 1. The minimum atomic E-state index is -0.491. The number of non-ortho nitro benzene ring substituents is 1. The number of amides is 1. The van der Waals surface area contributed by atoms with E-state index in [9.17, 15) is 14.9 Å². The van der Waals surface area contributed by atoms with Gasteiger partial charge in [0.1, 0.15) is 0 Å². The van der Waals surface area contributed by atoms with Gasteiger partial charge in [-0.05, 0) is 31.4 Å². The van der Waals surface area contributed by atoms with Crippen LogP contribution in [-0.2, 0) is 0 Å². The smallest absolute Gasteiger partial charge is 0.272 e. The fourth-order valence-corrected chi connectivity index (χ4v) is 3.03. The Labute approximate surface area is 138 Å². The number of carbonyl (C=O) groups is 1. The second kappa shape index (κ2) is 6.93. The number of hydrogen-bond donors (Lipinski definition) is 3. The van der Waals surface area contributed by atoms with Gasteiger partial charge in [-0.3, -0.25) is 20.0 Å². The van der Waals surface area contributed by atoms with Crippen LogP contribution < -0.4 is 11.1 Å². The number of halogens is 1. The van der Waals surface area contributed by atoms with E-state index >= 15 is 0 Å². The van der Waals surface area contributed by atoms with Crippen molar-refractivity contribution in [2.24, 2.45) is 11.7 Å². The van der Waals surface area contributed by atoms with E-state index in [2.05, 4.69) is 15.5 Å². The number of carbonyl (C=O) groups excluding carboxylic acids is 1. The molecular formula is C14H18ClN5O3. The van der Waals surface area contributed by atoms with Crippen LogP contribution in [0.3, 0.4) is 0 Å². The minimum absolute atomic E-state index is 0. The van der Waals surface area contributed by atoms with Crippen LogP contribution in [0.1, 0.15) is 29.8 Å². The first-order chi connectivity index (χ1) is 10.6. The summed E-state index contributed by atoms with van der Waals surface area (Å²) >= 11 is 0. The molecule has 1 aliphatic rings. The minimum Gasteiger partial charge on any atom is -0.348 e.